The Labute approximate surface area is 136 Å². The van der Waals surface area contributed by atoms with Gasteiger partial charge in [0.25, 0.3) is 0 Å². The minimum Gasteiger partial charge on any atom is -0.450 e. The van der Waals surface area contributed by atoms with E-state index in [1.165, 1.54) is 10.9 Å². The van der Waals surface area contributed by atoms with E-state index in [1.54, 1.807) is 19.3 Å². The van der Waals surface area contributed by atoms with E-state index in [4.69, 9.17) is 4.74 Å². The van der Waals surface area contributed by atoms with E-state index in [9.17, 15) is 9.59 Å². The monoisotopic (exact) mass is 329 g/mol. The minimum absolute atomic E-state index is 0.0572. The van der Waals surface area contributed by atoms with Crippen LogP contribution in [-0.4, -0.2) is 43.6 Å². The van der Waals surface area contributed by atoms with Crippen molar-refractivity contribution < 1.29 is 14.3 Å². The molecule has 0 aliphatic carbocycles. The number of amides is 2. The largest absolute Gasteiger partial charge is 0.450 e. The van der Waals surface area contributed by atoms with Gasteiger partial charge in [-0.15, -0.1) is 5.10 Å². The molecule has 0 aliphatic heterocycles. The summed E-state index contributed by atoms with van der Waals surface area (Å²) in [6, 6.07) is 5.44. The van der Waals surface area contributed by atoms with Crippen molar-refractivity contribution in [3.8, 4) is 0 Å². The van der Waals surface area contributed by atoms with Crippen molar-refractivity contribution in [2.75, 3.05) is 17.2 Å². The fraction of sp³-hybridized carbons (Fsp3) is 0.214. The molecule has 0 fully saturated rings. The highest BCUT2D eigenvalue weighted by atomic mass is 16.5. The number of para-hydroxylation sites is 1. The molecule has 2 aromatic heterocycles. The molecule has 124 valence electrons. The van der Waals surface area contributed by atoms with Crippen molar-refractivity contribution in [2.24, 2.45) is 0 Å². The number of carbonyl (C=O) groups excluding carboxylic acids is 2. The number of carbonyl (C=O) groups is 2. The topological polar surface area (TPSA) is 127 Å². The van der Waals surface area contributed by atoms with Crippen LogP contribution in [0.5, 0.6) is 0 Å². The summed E-state index contributed by atoms with van der Waals surface area (Å²) in [6.07, 6.45) is 2.37. The molecule has 3 aromatic rings. The van der Waals surface area contributed by atoms with Gasteiger partial charge in [0.05, 0.1) is 30.3 Å². The quantitative estimate of drug-likeness (QED) is 0.648. The number of nitrogens with zero attached hydrogens (tertiary/aromatic N) is 4. The highest BCUT2D eigenvalue weighted by Crippen LogP contribution is 2.19. The normalized spacial score (nSPS) is 10.5. The number of hydrogen-bond donors (Lipinski definition) is 3. The number of anilines is 2. The minimum atomic E-state index is -0.626. The Kier molecular flexibility index (Phi) is 4.36. The van der Waals surface area contributed by atoms with Crippen molar-refractivity contribution in [1.82, 2.24) is 25.0 Å². The van der Waals surface area contributed by atoms with Gasteiger partial charge in [0, 0.05) is 0 Å². The van der Waals surface area contributed by atoms with Gasteiger partial charge in [-0.2, -0.15) is 0 Å². The Balaban J connectivity index is 1.62. The van der Waals surface area contributed by atoms with Crippen LogP contribution in [-0.2, 0) is 16.1 Å². The summed E-state index contributed by atoms with van der Waals surface area (Å²) in [5.74, 6) is -0.0891. The molecule has 24 heavy (non-hydrogen) atoms. The van der Waals surface area contributed by atoms with Crippen LogP contribution in [0.1, 0.15) is 6.92 Å². The molecule has 1 aromatic carbocycles. The molecule has 10 heteroatoms. The first-order valence-electron chi connectivity index (χ1n) is 7.21. The van der Waals surface area contributed by atoms with E-state index in [0.29, 0.717) is 11.2 Å². The predicted molar refractivity (Wildman–Crippen MR) is 85.4 cm³/mol. The molecule has 10 nitrogen and oxygen atoms in total. The summed E-state index contributed by atoms with van der Waals surface area (Å²) < 4.78 is 6.04. The van der Waals surface area contributed by atoms with Gasteiger partial charge in [-0.25, -0.2) is 14.5 Å². The fourth-order valence-electron chi connectivity index (χ4n) is 2.11. The van der Waals surface area contributed by atoms with E-state index < -0.39 is 6.09 Å². The van der Waals surface area contributed by atoms with Gasteiger partial charge >= 0.3 is 6.09 Å². The molecule has 0 saturated carbocycles. The lowest BCUT2D eigenvalue weighted by Crippen LogP contribution is -2.19. The number of ether oxygens (including phenoxy) is 1. The molecule has 0 bridgehead atoms. The summed E-state index contributed by atoms with van der Waals surface area (Å²) in [5.41, 5.74) is 2.10. The molecule has 2 heterocycles. The predicted octanol–water partition coefficient (Wildman–Crippen LogP) is 1.36. The smallest absolute Gasteiger partial charge is 0.412 e. The van der Waals surface area contributed by atoms with Crippen LogP contribution in [0.4, 0.5) is 16.3 Å². The summed E-state index contributed by atoms with van der Waals surface area (Å²) >= 11 is 0. The van der Waals surface area contributed by atoms with Crippen molar-refractivity contribution in [3.05, 3.63) is 30.7 Å². The van der Waals surface area contributed by atoms with Crippen molar-refractivity contribution in [3.63, 3.8) is 0 Å². The molecule has 0 aliphatic rings. The lowest BCUT2D eigenvalue weighted by Gasteiger charge is -2.05. The van der Waals surface area contributed by atoms with Crippen LogP contribution < -0.4 is 10.6 Å². The number of hydrogen-bond acceptors (Lipinski definition) is 6. The van der Waals surface area contributed by atoms with Crippen LogP contribution in [0.25, 0.3) is 11.0 Å². The van der Waals surface area contributed by atoms with E-state index in [2.05, 4.69) is 30.9 Å². The Morgan fingerprint density at radius 2 is 2.21 bits per heavy atom. The molecule has 0 unspecified atom stereocenters. The van der Waals surface area contributed by atoms with Crippen LogP contribution in [0.15, 0.2) is 30.7 Å². The third kappa shape index (κ3) is 3.48. The standard InChI is InChI=1S/C14H15N7O3/c1-2-24-14(23)18-11-6-21(20-19-11)7-12(22)17-10-5-3-4-9-13(10)16-8-15-9/h3-6,8H,2,7H2,1H3,(H,15,16)(H,17,22)(H,18,23). The van der Waals surface area contributed by atoms with Gasteiger partial charge in [-0.3, -0.25) is 10.1 Å². The Hall–Kier alpha value is -3.43. The van der Waals surface area contributed by atoms with Crippen LogP contribution in [0.3, 0.4) is 0 Å². The summed E-state index contributed by atoms with van der Waals surface area (Å²) in [7, 11) is 0. The first-order valence-corrected chi connectivity index (χ1v) is 7.21. The first kappa shape index (κ1) is 15.5. The molecule has 0 spiro atoms. The molecule has 3 rings (SSSR count). The third-order valence-electron chi connectivity index (χ3n) is 3.07. The maximum Gasteiger partial charge on any atom is 0.412 e. The highest BCUT2D eigenvalue weighted by Gasteiger charge is 2.11. The van der Waals surface area contributed by atoms with Gasteiger partial charge in [0.15, 0.2) is 5.82 Å². The van der Waals surface area contributed by atoms with Crippen molar-refractivity contribution in [1.29, 1.82) is 0 Å². The third-order valence-corrected chi connectivity index (χ3v) is 3.07. The van der Waals surface area contributed by atoms with Crippen molar-refractivity contribution in [2.45, 2.75) is 13.5 Å². The van der Waals surface area contributed by atoms with Gasteiger partial charge in [0.2, 0.25) is 5.91 Å². The highest BCUT2D eigenvalue weighted by molar-refractivity contribution is 5.99. The van der Waals surface area contributed by atoms with Crippen molar-refractivity contribution >= 4 is 34.5 Å². The average molecular weight is 329 g/mol. The molecule has 0 radical (unpaired) electrons. The van der Waals surface area contributed by atoms with Crippen LogP contribution in [0.2, 0.25) is 0 Å². The van der Waals surface area contributed by atoms with E-state index in [0.717, 1.165) is 5.52 Å². The number of aromatic nitrogens is 5. The molecule has 3 N–H and O–H groups in total. The summed E-state index contributed by atoms with van der Waals surface area (Å²) in [4.78, 5) is 30.6. The van der Waals surface area contributed by atoms with Gasteiger partial charge < -0.3 is 15.0 Å². The zero-order valence-electron chi connectivity index (χ0n) is 12.8. The first-order chi connectivity index (χ1) is 11.7. The zero-order valence-corrected chi connectivity index (χ0v) is 12.8. The SMILES string of the molecule is CCOC(=O)Nc1cn(CC(=O)Nc2cccc3[nH]cnc23)nn1. The summed E-state index contributed by atoms with van der Waals surface area (Å²) in [5, 5.41) is 12.7. The summed E-state index contributed by atoms with van der Waals surface area (Å²) in [6.45, 7) is 1.89. The number of rotatable bonds is 5. The van der Waals surface area contributed by atoms with Crippen LogP contribution in [0, 0.1) is 0 Å². The average Bonchev–Trinajstić information content (AvgIpc) is 3.17. The molecule has 0 saturated heterocycles. The second kappa shape index (κ2) is 6.77. The second-order valence-electron chi connectivity index (χ2n) is 4.80. The Morgan fingerprint density at radius 1 is 1.33 bits per heavy atom. The maximum absolute atomic E-state index is 12.1. The number of nitrogens with one attached hydrogen (secondary N) is 3. The molecular formula is C14H15N7O3. The second-order valence-corrected chi connectivity index (χ2v) is 4.80. The number of aromatic amines is 1. The lowest BCUT2D eigenvalue weighted by molar-refractivity contribution is -0.116. The number of H-pyrrole nitrogens is 1. The number of benzene rings is 1. The number of imidazole rings is 1. The van der Waals surface area contributed by atoms with Gasteiger partial charge in [-0.05, 0) is 19.1 Å². The van der Waals surface area contributed by atoms with E-state index >= 15 is 0 Å². The molecular weight excluding hydrogens is 314 g/mol. The van der Waals surface area contributed by atoms with E-state index in [-0.39, 0.29) is 24.9 Å². The fourth-order valence-corrected chi connectivity index (χ4v) is 2.11. The Bertz CT molecular complexity index is 870. The van der Waals surface area contributed by atoms with Gasteiger partial charge in [-0.1, -0.05) is 11.3 Å². The van der Waals surface area contributed by atoms with Crippen LogP contribution >= 0.6 is 0 Å². The Morgan fingerprint density at radius 3 is 3.04 bits per heavy atom. The van der Waals surface area contributed by atoms with E-state index in [1.807, 2.05) is 12.1 Å². The molecule has 0 atom stereocenters. The van der Waals surface area contributed by atoms with Gasteiger partial charge in [0.1, 0.15) is 12.1 Å². The zero-order chi connectivity index (χ0) is 16.9. The maximum atomic E-state index is 12.1. The lowest BCUT2D eigenvalue weighted by atomic mass is 10.2. The number of fused-ring (bicyclic) bond motifs is 1. The molecule has 2 amide bonds.